The molecule has 9 nitrogen and oxygen atoms in total. The quantitative estimate of drug-likeness (QED) is 0.519. The highest BCUT2D eigenvalue weighted by molar-refractivity contribution is 6.31. The summed E-state index contributed by atoms with van der Waals surface area (Å²) in [6.45, 7) is 10.1. The molecule has 0 unspecified atom stereocenters. The van der Waals surface area contributed by atoms with Gasteiger partial charge in [0, 0.05) is 36.3 Å². The van der Waals surface area contributed by atoms with Crippen molar-refractivity contribution < 1.29 is 14.7 Å². The van der Waals surface area contributed by atoms with Crippen molar-refractivity contribution in [1.29, 1.82) is 5.26 Å². The number of aromatic nitrogens is 3. The number of carbonyl (C=O) groups is 2. The number of halogens is 1. The Morgan fingerprint density at radius 1 is 1.23 bits per heavy atom. The van der Waals surface area contributed by atoms with E-state index in [1.807, 2.05) is 42.5 Å². The van der Waals surface area contributed by atoms with Crippen LogP contribution in [0.2, 0.25) is 5.02 Å². The van der Waals surface area contributed by atoms with Crippen LogP contribution in [0.15, 0.2) is 36.5 Å². The number of hydrogen-bond donors (Lipinski definition) is 1. The molecule has 2 aromatic heterocycles. The van der Waals surface area contributed by atoms with Crippen LogP contribution in [0.1, 0.15) is 95.6 Å². The first kappa shape index (κ1) is 26.9. The average Bonchev–Trinajstić information content (AvgIpc) is 3.28. The summed E-state index contributed by atoms with van der Waals surface area (Å²) in [5.41, 5.74) is 3.11. The molecule has 0 aliphatic carbocycles. The maximum Gasteiger partial charge on any atom is 0.273 e. The molecule has 3 aromatic rings. The molecule has 2 aliphatic rings. The lowest BCUT2D eigenvalue weighted by Crippen LogP contribution is -2.45. The van der Waals surface area contributed by atoms with E-state index in [1.54, 1.807) is 43.1 Å². The van der Waals surface area contributed by atoms with Crippen LogP contribution in [0.5, 0.6) is 0 Å². The van der Waals surface area contributed by atoms with Gasteiger partial charge in [0.05, 0.1) is 40.6 Å². The number of hydrogen-bond acceptors (Lipinski definition) is 6. The second-order valence-corrected chi connectivity index (χ2v) is 11.4. The summed E-state index contributed by atoms with van der Waals surface area (Å²) in [5.74, 6) is -0.359. The van der Waals surface area contributed by atoms with Crippen LogP contribution < -0.4 is 0 Å². The molecule has 2 amide bonds. The van der Waals surface area contributed by atoms with E-state index >= 15 is 0 Å². The van der Waals surface area contributed by atoms with E-state index in [9.17, 15) is 20.0 Å². The van der Waals surface area contributed by atoms with E-state index in [2.05, 4.69) is 4.98 Å². The molecule has 10 heteroatoms. The third-order valence-corrected chi connectivity index (χ3v) is 8.07. The van der Waals surface area contributed by atoms with E-state index in [1.165, 1.54) is 6.07 Å². The highest BCUT2D eigenvalue weighted by Crippen LogP contribution is 2.35. The van der Waals surface area contributed by atoms with Crippen molar-refractivity contribution in [2.24, 2.45) is 0 Å². The van der Waals surface area contributed by atoms with E-state index in [4.69, 9.17) is 16.7 Å². The maximum absolute atomic E-state index is 13.9. The molecule has 0 radical (unpaired) electrons. The van der Waals surface area contributed by atoms with Crippen molar-refractivity contribution in [3.8, 4) is 6.07 Å². The van der Waals surface area contributed by atoms with Crippen molar-refractivity contribution in [1.82, 2.24) is 24.6 Å². The molecule has 5 rings (SSSR count). The normalized spacial score (nSPS) is 19.8. The fourth-order valence-corrected chi connectivity index (χ4v) is 5.56. The molecule has 3 atom stereocenters. The largest absolute Gasteiger partial charge is 0.384 e. The lowest BCUT2D eigenvalue weighted by atomic mass is 9.96. The number of carbonyl (C=O) groups excluding carboxylic acids is 2. The first-order chi connectivity index (χ1) is 18.4. The molecule has 2 aliphatic heterocycles. The molecule has 0 fully saturated rings. The van der Waals surface area contributed by atoms with Gasteiger partial charge in [0.1, 0.15) is 17.4 Å². The fourth-order valence-electron chi connectivity index (χ4n) is 5.40. The van der Waals surface area contributed by atoms with E-state index < -0.39 is 5.60 Å². The Balaban J connectivity index is 1.45. The summed E-state index contributed by atoms with van der Waals surface area (Å²) in [6.07, 6.45) is 2.23. The Morgan fingerprint density at radius 3 is 2.62 bits per heavy atom. The van der Waals surface area contributed by atoms with Crippen molar-refractivity contribution in [2.75, 3.05) is 6.54 Å². The zero-order chi connectivity index (χ0) is 28.2. The summed E-state index contributed by atoms with van der Waals surface area (Å²) in [5, 5.41) is 24.7. The van der Waals surface area contributed by atoms with Gasteiger partial charge in [0.2, 0.25) is 0 Å². The number of benzene rings is 1. The number of aliphatic hydroxyl groups is 1. The molecule has 202 valence electrons. The third kappa shape index (κ3) is 4.68. The van der Waals surface area contributed by atoms with Gasteiger partial charge in [-0.25, -0.2) is 0 Å². The van der Waals surface area contributed by atoms with Gasteiger partial charge in [-0.1, -0.05) is 17.7 Å². The predicted octanol–water partition coefficient (Wildman–Crippen LogP) is 4.40. The fraction of sp³-hybridized carbons (Fsp3) is 0.414. The Hall–Kier alpha value is -3.74. The number of fused-ring (bicyclic) bond motifs is 3. The van der Waals surface area contributed by atoms with Gasteiger partial charge >= 0.3 is 0 Å². The summed E-state index contributed by atoms with van der Waals surface area (Å²) < 4.78 is 1.81. The maximum atomic E-state index is 13.9. The Kier molecular flexibility index (Phi) is 6.73. The van der Waals surface area contributed by atoms with E-state index in [-0.39, 0.29) is 42.0 Å². The topological polar surface area (TPSA) is 115 Å². The number of pyridine rings is 1. The van der Waals surface area contributed by atoms with Gasteiger partial charge < -0.3 is 14.9 Å². The molecule has 0 saturated heterocycles. The lowest BCUT2D eigenvalue weighted by Gasteiger charge is -2.37. The van der Waals surface area contributed by atoms with Crippen molar-refractivity contribution >= 4 is 23.4 Å². The summed E-state index contributed by atoms with van der Waals surface area (Å²) >= 11 is 6.07. The predicted molar refractivity (Wildman–Crippen MR) is 145 cm³/mol. The monoisotopic (exact) mass is 546 g/mol. The minimum absolute atomic E-state index is 0.0525. The minimum Gasteiger partial charge on any atom is -0.384 e. The van der Waals surface area contributed by atoms with Crippen LogP contribution in [-0.2, 0) is 18.6 Å². The highest BCUT2D eigenvalue weighted by Gasteiger charge is 2.40. The van der Waals surface area contributed by atoms with E-state index in [0.717, 1.165) is 16.8 Å². The van der Waals surface area contributed by atoms with Crippen LogP contribution in [0.25, 0.3) is 0 Å². The molecular weight excluding hydrogens is 516 g/mol. The number of nitrogens with zero attached hydrogens (tertiary/aromatic N) is 6. The van der Waals surface area contributed by atoms with Crippen LogP contribution >= 0.6 is 11.6 Å². The van der Waals surface area contributed by atoms with Gasteiger partial charge in [-0.3, -0.25) is 19.3 Å². The third-order valence-electron chi connectivity index (χ3n) is 7.74. The Bertz CT molecular complexity index is 1500. The van der Waals surface area contributed by atoms with Gasteiger partial charge in [0.15, 0.2) is 0 Å². The SMILES string of the molecule is C[C@@H]1Cc2nn3c(c2CN1C(=O)c1ccc(Cl)c(C#N)c1)C(=O)N([C@@H](C)c1ccc(C(C)(C)O)nc1)C[C@H]3C. The second kappa shape index (κ2) is 9.78. The van der Waals surface area contributed by atoms with Gasteiger partial charge in [-0.2, -0.15) is 10.4 Å². The van der Waals surface area contributed by atoms with Gasteiger partial charge in [-0.05, 0) is 64.4 Å². The zero-order valence-electron chi connectivity index (χ0n) is 22.6. The molecular formula is C29H31ClN6O3. The molecule has 1 N–H and O–H groups in total. The molecule has 0 saturated carbocycles. The summed E-state index contributed by atoms with van der Waals surface area (Å²) in [4.78, 5) is 35.4. The smallest absolute Gasteiger partial charge is 0.273 e. The lowest BCUT2D eigenvalue weighted by molar-refractivity contribution is 0.0572. The summed E-state index contributed by atoms with van der Waals surface area (Å²) in [7, 11) is 0. The van der Waals surface area contributed by atoms with Crippen LogP contribution in [-0.4, -0.2) is 54.1 Å². The zero-order valence-corrected chi connectivity index (χ0v) is 23.4. The minimum atomic E-state index is -1.05. The molecule has 0 spiro atoms. The average molecular weight is 547 g/mol. The number of amides is 2. The molecule has 39 heavy (non-hydrogen) atoms. The van der Waals surface area contributed by atoms with Crippen LogP contribution in [0.4, 0.5) is 0 Å². The Morgan fingerprint density at radius 2 is 1.97 bits per heavy atom. The van der Waals surface area contributed by atoms with Crippen LogP contribution in [0, 0.1) is 11.3 Å². The first-order valence-corrected chi connectivity index (χ1v) is 13.4. The van der Waals surface area contributed by atoms with Crippen LogP contribution in [0.3, 0.4) is 0 Å². The molecule has 4 heterocycles. The number of rotatable bonds is 4. The molecule has 1 aromatic carbocycles. The highest BCUT2D eigenvalue weighted by atomic mass is 35.5. The first-order valence-electron chi connectivity index (χ1n) is 13.0. The van der Waals surface area contributed by atoms with Crippen molar-refractivity contribution in [3.63, 3.8) is 0 Å². The standard InChI is InChI=1S/C29H31ClN6O3/c1-16-10-24-22(15-34(16)27(37)19-6-8-23(30)21(11-19)12-31)26-28(38)35(14-17(2)36(26)33-24)18(3)20-7-9-25(32-13-20)29(4,5)39/h6-9,11,13,16-18,39H,10,14-15H2,1-5H3/t16-,17-,18+/m1/s1. The summed E-state index contributed by atoms with van der Waals surface area (Å²) in [6, 6.07) is 9.96. The molecule has 0 bridgehead atoms. The van der Waals surface area contributed by atoms with Gasteiger partial charge in [0.25, 0.3) is 11.8 Å². The van der Waals surface area contributed by atoms with Crippen molar-refractivity contribution in [2.45, 2.75) is 71.3 Å². The Labute approximate surface area is 232 Å². The van der Waals surface area contributed by atoms with Crippen molar-refractivity contribution in [3.05, 3.63) is 80.9 Å². The second-order valence-electron chi connectivity index (χ2n) is 11.0. The van der Waals surface area contributed by atoms with Gasteiger partial charge in [-0.15, -0.1) is 0 Å². The number of nitriles is 1. The van der Waals surface area contributed by atoms with E-state index in [0.29, 0.717) is 34.9 Å².